The first-order valence-electron chi connectivity index (χ1n) is 5.56. The third kappa shape index (κ3) is 1.29. The van der Waals surface area contributed by atoms with Crippen molar-refractivity contribution in [3.8, 4) is 0 Å². The van der Waals surface area contributed by atoms with Crippen molar-refractivity contribution < 1.29 is 0 Å². The lowest BCUT2D eigenvalue weighted by Gasteiger charge is -2.18. The average molecular weight is 200 g/mol. The Hall–Kier alpha value is -1.28. The summed E-state index contributed by atoms with van der Waals surface area (Å²) < 4.78 is 2.46. The molecule has 2 nitrogen and oxygen atoms in total. The Labute approximate surface area is 89.9 Å². The molecule has 0 amide bonds. The summed E-state index contributed by atoms with van der Waals surface area (Å²) in [5.41, 5.74) is 5.61. The number of benzene rings is 1. The highest BCUT2D eigenvalue weighted by Crippen LogP contribution is 2.25. The van der Waals surface area contributed by atoms with Crippen molar-refractivity contribution in [1.82, 2.24) is 9.88 Å². The predicted octanol–water partition coefficient (Wildman–Crippen LogP) is 2.36. The van der Waals surface area contributed by atoms with Crippen LogP contribution in [0.5, 0.6) is 0 Å². The number of nitrogens with zero attached hydrogens (tertiary/aromatic N) is 1. The van der Waals surface area contributed by atoms with Crippen molar-refractivity contribution in [2.45, 2.75) is 26.9 Å². The van der Waals surface area contributed by atoms with Gasteiger partial charge in [-0.15, -0.1) is 0 Å². The van der Waals surface area contributed by atoms with Crippen LogP contribution in [0.4, 0.5) is 0 Å². The fraction of sp³-hybridized carbons (Fsp3) is 0.385. The summed E-state index contributed by atoms with van der Waals surface area (Å²) >= 11 is 0. The zero-order chi connectivity index (χ0) is 10.4. The van der Waals surface area contributed by atoms with Crippen molar-refractivity contribution in [2.24, 2.45) is 0 Å². The third-order valence-electron chi connectivity index (χ3n) is 3.23. The fourth-order valence-electron chi connectivity index (χ4n) is 2.68. The number of rotatable bonds is 0. The highest BCUT2D eigenvalue weighted by atomic mass is 15.1. The standard InChI is InChI=1S/C13H16N2/c1-9-5-10(2)13-11(6-9)7-12-8-14-3-4-15(12)13/h5-7,14H,3-4,8H2,1-2H3. The number of nitrogens with one attached hydrogen (secondary N) is 1. The van der Waals surface area contributed by atoms with Gasteiger partial charge in [0.1, 0.15) is 0 Å². The first kappa shape index (κ1) is 8.98. The number of aryl methyl sites for hydroxylation is 2. The molecule has 0 saturated heterocycles. The van der Waals surface area contributed by atoms with E-state index in [-0.39, 0.29) is 0 Å². The molecule has 1 aliphatic heterocycles. The highest BCUT2D eigenvalue weighted by Gasteiger charge is 2.13. The van der Waals surface area contributed by atoms with Crippen LogP contribution in [-0.4, -0.2) is 11.1 Å². The Morgan fingerprint density at radius 2 is 2.07 bits per heavy atom. The molecule has 0 unspecified atom stereocenters. The molecule has 1 N–H and O–H groups in total. The van der Waals surface area contributed by atoms with E-state index in [0.29, 0.717) is 0 Å². The normalized spacial score (nSPS) is 15.6. The molecule has 78 valence electrons. The van der Waals surface area contributed by atoms with Crippen LogP contribution >= 0.6 is 0 Å². The van der Waals surface area contributed by atoms with E-state index in [0.717, 1.165) is 19.6 Å². The minimum absolute atomic E-state index is 1.01. The number of hydrogen-bond donors (Lipinski definition) is 1. The first-order valence-corrected chi connectivity index (χ1v) is 5.56. The van der Waals surface area contributed by atoms with E-state index in [4.69, 9.17) is 0 Å². The Morgan fingerprint density at radius 1 is 1.20 bits per heavy atom. The lowest BCUT2D eigenvalue weighted by Crippen LogP contribution is -2.27. The highest BCUT2D eigenvalue weighted by molar-refractivity contribution is 5.85. The number of hydrogen-bond acceptors (Lipinski definition) is 1. The molecule has 0 saturated carbocycles. The molecule has 2 heteroatoms. The lowest BCUT2D eigenvalue weighted by atomic mass is 10.1. The Kier molecular flexibility index (Phi) is 1.86. The topological polar surface area (TPSA) is 17.0 Å². The zero-order valence-electron chi connectivity index (χ0n) is 9.30. The summed E-state index contributed by atoms with van der Waals surface area (Å²) in [6.07, 6.45) is 0. The lowest BCUT2D eigenvalue weighted by molar-refractivity contribution is 0.526. The van der Waals surface area contributed by atoms with Gasteiger partial charge in [0.15, 0.2) is 0 Å². The fourth-order valence-corrected chi connectivity index (χ4v) is 2.68. The van der Waals surface area contributed by atoms with Gasteiger partial charge < -0.3 is 9.88 Å². The molecule has 15 heavy (non-hydrogen) atoms. The van der Waals surface area contributed by atoms with E-state index in [1.54, 1.807) is 0 Å². The molecular weight excluding hydrogens is 184 g/mol. The van der Waals surface area contributed by atoms with Gasteiger partial charge in [-0.25, -0.2) is 0 Å². The van der Waals surface area contributed by atoms with Gasteiger partial charge in [-0.1, -0.05) is 11.6 Å². The summed E-state index contributed by atoms with van der Waals surface area (Å²) in [5.74, 6) is 0. The first-order chi connectivity index (χ1) is 7.25. The van der Waals surface area contributed by atoms with Crippen molar-refractivity contribution in [3.63, 3.8) is 0 Å². The average Bonchev–Trinajstić information content (AvgIpc) is 2.54. The van der Waals surface area contributed by atoms with Crippen LogP contribution in [0.1, 0.15) is 16.8 Å². The Morgan fingerprint density at radius 3 is 2.93 bits per heavy atom. The molecule has 0 aliphatic carbocycles. The second kappa shape index (κ2) is 3.11. The second-order valence-corrected chi connectivity index (χ2v) is 4.48. The van der Waals surface area contributed by atoms with Gasteiger partial charge in [-0.2, -0.15) is 0 Å². The van der Waals surface area contributed by atoms with Crippen molar-refractivity contribution in [2.75, 3.05) is 6.54 Å². The minimum atomic E-state index is 1.01. The van der Waals surface area contributed by atoms with Crippen LogP contribution < -0.4 is 5.32 Å². The van der Waals surface area contributed by atoms with Gasteiger partial charge in [-0.05, 0) is 31.5 Å². The molecule has 0 fully saturated rings. The van der Waals surface area contributed by atoms with E-state index in [1.165, 1.54) is 27.7 Å². The maximum Gasteiger partial charge on any atom is 0.0513 e. The van der Waals surface area contributed by atoms with Crippen LogP contribution in [0.2, 0.25) is 0 Å². The summed E-state index contributed by atoms with van der Waals surface area (Å²) in [6, 6.07) is 6.88. The molecule has 1 aromatic carbocycles. The summed E-state index contributed by atoms with van der Waals surface area (Å²) in [7, 11) is 0. The number of aromatic nitrogens is 1. The Bertz CT molecular complexity index is 523. The molecule has 0 spiro atoms. The molecule has 1 aliphatic rings. The monoisotopic (exact) mass is 200 g/mol. The van der Waals surface area contributed by atoms with Gasteiger partial charge in [0, 0.05) is 30.7 Å². The SMILES string of the molecule is Cc1cc(C)c2c(c1)cc1n2CCNC1. The third-order valence-corrected chi connectivity index (χ3v) is 3.23. The molecule has 3 rings (SSSR count). The molecular formula is C13H16N2. The smallest absolute Gasteiger partial charge is 0.0513 e. The van der Waals surface area contributed by atoms with Gasteiger partial charge >= 0.3 is 0 Å². The molecule has 2 aromatic rings. The molecule has 1 aromatic heterocycles. The van der Waals surface area contributed by atoms with Crippen LogP contribution in [0.25, 0.3) is 10.9 Å². The van der Waals surface area contributed by atoms with Crippen molar-refractivity contribution >= 4 is 10.9 Å². The molecule has 0 radical (unpaired) electrons. The zero-order valence-corrected chi connectivity index (χ0v) is 9.30. The maximum absolute atomic E-state index is 3.42. The maximum atomic E-state index is 3.42. The van der Waals surface area contributed by atoms with Gasteiger partial charge in [0.25, 0.3) is 0 Å². The van der Waals surface area contributed by atoms with Crippen molar-refractivity contribution in [3.05, 3.63) is 35.0 Å². The van der Waals surface area contributed by atoms with E-state index < -0.39 is 0 Å². The van der Waals surface area contributed by atoms with Crippen LogP contribution in [0, 0.1) is 13.8 Å². The van der Waals surface area contributed by atoms with Crippen LogP contribution in [0.15, 0.2) is 18.2 Å². The molecule has 0 bridgehead atoms. The second-order valence-electron chi connectivity index (χ2n) is 4.48. The van der Waals surface area contributed by atoms with E-state index in [2.05, 4.69) is 41.9 Å². The van der Waals surface area contributed by atoms with Gasteiger partial charge in [-0.3, -0.25) is 0 Å². The summed E-state index contributed by atoms with van der Waals surface area (Å²) in [5, 5.41) is 4.81. The van der Waals surface area contributed by atoms with E-state index in [9.17, 15) is 0 Å². The minimum Gasteiger partial charge on any atom is -0.342 e. The summed E-state index contributed by atoms with van der Waals surface area (Å²) in [4.78, 5) is 0. The number of fused-ring (bicyclic) bond motifs is 3. The van der Waals surface area contributed by atoms with Crippen LogP contribution in [-0.2, 0) is 13.1 Å². The van der Waals surface area contributed by atoms with Gasteiger partial charge in [0.2, 0.25) is 0 Å². The molecule has 2 heterocycles. The van der Waals surface area contributed by atoms with Gasteiger partial charge in [0.05, 0.1) is 5.52 Å². The van der Waals surface area contributed by atoms with E-state index in [1.807, 2.05) is 0 Å². The molecule has 0 atom stereocenters. The van der Waals surface area contributed by atoms with Crippen LogP contribution in [0.3, 0.4) is 0 Å². The largest absolute Gasteiger partial charge is 0.342 e. The van der Waals surface area contributed by atoms with E-state index >= 15 is 0 Å². The van der Waals surface area contributed by atoms with Crippen molar-refractivity contribution in [1.29, 1.82) is 0 Å². The summed E-state index contributed by atoms with van der Waals surface area (Å²) in [6.45, 7) is 7.58. The predicted molar refractivity (Wildman–Crippen MR) is 63.1 cm³/mol. The quantitative estimate of drug-likeness (QED) is 0.691. The Balaban J connectivity index is 2.37.